The van der Waals surface area contributed by atoms with Gasteiger partial charge in [-0.05, 0) is 60.3 Å². The van der Waals surface area contributed by atoms with Crippen molar-refractivity contribution in [3.05, 3.63) is 82.4 Å². The van der Waals surface area contributed by atoms with Crippen LogP contribution in [0.1, 0.15) is 18.1 Å². The van der Waals surface area contributed by atoms with Crippen LogP contribution in [0.5, 0.6) is 0 Å². The van der Waals surface area contributed by atoms with Gasteiger partial charge in [0.15, 0.2) is 0 Å². The molecule has 5 rings (SSSR count). The van der Waals surface area contributed by atoms with Crippen LogP contribution in [0.15, 0.2) is 65.7 Å². The van der Waals surface area contributed by atoms with Crippen LogP contribution in [-0.4, -0.2) is 64.0 Å². The number of nitrogens with zero attached hydrogens (tertiary/aromatic N) is 5. The number of hydrogen-bond acceptors (Lipinski definition) is 8. The molecule has 0 radical (unpaired) electrons. The predicted octanol–water partition coefficient (Wildman–Crippen LogP) is 3.86. The monoisotopic (exact) mass is 494 g/mol. The molecule has 37 heavy (non-hydrogen) atoms. The Morgan fingerprint density at radius 1 is 1.00 bits per heavy atom. The maximum atomic E-state index is 12.7. The van der Waals surface area contributed by atoms with E-state index in [-0.39, 0.29) is 5.56 Å². The van der Waals surface area contributed by atoms with Crippen LogP contribution >= 0.6 is 0 Å². The lowest BCUT2D eigenvalue weighted by atomic mass is 10.1. The maximum Gasteiger partial charge on any atom is 0.259 e. The summed E-state index contributed by atoms with van der Waals surface area (Å²) in [7, 11) is 0. The zero-order valence-corrected chi connectivity index (χ0v) is 20.9. The van der Waals surface area contributed by atoms with E-state index in [1.54, 1.807) is 24.4 Å². The summed E-state index contributed by atoms with van der Waals surface area (Å²) >= 11 is 0. The number of rotatable bonds is 8. The van der Waals surface area contributed by atoms with Gasteiger partial charge in [-0.25, -0.2) is 9.97 Å². The van der Waals surface area contributed by atoms with Crippen molar-refractivity contribution in [2.75, 3.05) is 49.9 Å². The third-order valence-corrected chi connectivity index (χ3v) is 6.75. The third-order valence-electron chi connectivity index (χ3n) is 6.75. The number of benzene rings is 1. The number of pyridine rings is 3. The van der Waals surface area contributed by atoms with Crippen molar-refractivity contribution in [2.45, 2.75) is 13.3 Å². The van der Waals surface area contributed by atoms with Crippen LogP contribution in [-0.2, 0) is 6.42 Å². The number of aromatic nitrogens is 3. The van der Waals surface area contributed by atoms with Crippen molar-refractivity contribution in [2.24, 2.45) is 0 Å². The fourth-order valence-corrected chi connectivity index (χ4v) is 4.54. The van der Waals surface area contributed by atoms with Crippen LogP contribution in [0.2, 0.25) is 0 Å². The Labute approximate surface area is 215 Å². The van der Waals surface area contributed by atoms with E-state index in [0.29, 0.717) is 28.4 Å². The van der Waals surface area contributed by atoms with E-state index < -0.39 is 0 Å². The molecule has 1 fully saturated rings. The molecule has 0 amide bonds. The van der Waals surface area contributed by atoms with E-state index in [2.05, 4.69) is 60.5 Å². The van der Waals surface area contributed by atoms with Crippen LogP contribution in [0.3, 0.4) is 0 Å². The van der Waals surface area contributed by atoms with Gasteiger partial charge in [-0.3, -0.25) is 4.79 Å². The van der Waals surface area contributed by atoms with E-state index in [4.69, 9.17) is 5.26 Å². The highest BCUT2D eigenvalue weighted by atomic mass is 16.1. The molecule has 0 unspecified atom stereocenters. The Hall–Kier alpha value is -4.26. The molecular weight excluding hydrogens is 464 g/mol. The first-order chi connectivity index (χ1) is 18.1. The van der Waals surface area contributed by atoms with E-state index >= 15 is 0 Å². The largest absolute Gasteiger partial charge is 0.339 e. The average Bonchev–Trinajstić information content (AvgIpc) is 2.93. The van der Waals surface area contributed by atoms with Gasteiger partial charge in [0.2, 0.25) is 0 Å². The number of hydrogen-bond donors (Lipinski definition) is 3. The zero-order chi connectivity index (χ0) is 25.6. The molecule has 1 aliphatic rings. The van der Waals surface area contributed by atoms with Gasteiger partial charge in [0.25, 0.3) is 5.56 Å². The van der Waals surface area contributed by atoms with Crippen molar-refractivity contribution >= 4 is 33.9 Å². The van der Waals surface area contributed by atoms with Crippen molar-refractivity contribution < 1.29 is 0 Å². The number of piperazine rings is 1. The Bertz CT molecular complexity index is 1450. The predicted molar refractivity (Wildman–Crippen MR) is 147 cm³/mol. The lowest BCUT2D eigenvalue weighted by Gasteiger charge is -2.34. The summed E-state index contributed by atoms with van der Waals surface area (Å²) in [5, 5.41) is 16.7. The summed E-state index contributed by atoms with van der Waals surface area (Å²) in [6.45, 7) is 8.96. The molecule has 0 bridgehead atoms. The number of likely N-dealkylation sites (N-methyl/N-ethyl adjacent to an activating group) is 1. The molecule has 0 spiro atoms. The van der Waals surface area contributed by atoms with Crippen LogP contribution in [0, 0.1) is 11.3 Å². The van der Waals surface area contributed by atoms with E-state index in [0.717, 1.165) is 56.8 Å². The van der Waals surface area contributed by atoms with E-state index in [1.165, 1.54) is 11.8 Å². The second-order valence-corrected chi connectivity index (χ2v) is 9.14. The summed E-state index contributed by atoms with van der Waals surface area (Å²) in [4.78, 5) is 29.3. The van der Waals surface area contributed by atoms with Gasteiger partial charge >= 0.3 is 0 Å². The van der Waals surface area contributed by atoms with Gasteiger partial charge in [0.1, 0.15) is 23.5 Å². The molecule has 1 aliphatic heterocycles. The topological polar surface area (TPSA) is 113 Å². The first-order valence-electron chi connectivity index (χ1n) is 12.6. The lowest BCUT2D eigenvalue weighted by Crippen LogP contribution is -2.46. The molecule has 9 nitrogen and oxygen atoms in total. The normalized spacial score (nSPS) is 14.4. The van der Waals surface area contributed by atoms with Crippen molar-refractivity contribution in [1.82, 2.24) is 24.8 Å². The molecule has 0 aliphatic carbocycles. The molecule has 1 aromatic carbocycles. The van der Waals surface area contributed by atoms with Gasteiger partial charge < -0.3 is 25.4 Å². The van der Waals surface area contributed by atoms with Gasteiger partial charge in [-0.1, -0.05) is 19.1 Å². The standard InChI is InChI=1S/C28H30N8O/c1-2-35-13-15-36(16-14-35)12-10-20-3-6-23(7-4-20)32-27-26-22(9-11-30-28(26)37)17-25(34-27)33-24-8-5-21(18-29)19-31-24/h3-9,11,17,19H,2,10,12-16H2,1H3,(H,30,37)(H2,31,32,33,34). The number of H-pyrrole nitrogens is 1. The molecule has 4 heterocycles. The fourth-order valence-electron chi connectivity index (χ4n) is 4.54. The summed E-state index contributed by atoms with van der Waals surface area (Å²) in [6.07, 6.45) is 4.12. The van der Waals surface area contributed by atoms with Crippen LogP contribution in [0.4, 0.5) is 23.1 Å². The van der Waals surface area contributed by atoms with Gasteiger partial charge in [0.05, 0.1) is 10.9 Å². The highest BCUT2D eigenvalue weighted by molar-refractivity contribution is 5.94. The molecule has 188 valence electrons. The van der Waals surface area contributed by atoms with E-state index in [1.807, 2.05) is 18.2 Å². The molecule has 4 aromatic rings. The smallest absolute Gasteiger partial charge is 0.259 e. The fraction of sp³-hybridized carbons (Fsp3) is 0.286. The quantitative estimate of drug-likeness (QED) is 0.339. The molecule has 3 aromatic heterocycles. The molecule has 1 saturated heterocycles. The number of aromatic amines is 1. The summed E-state index contributed by atoms with van der Waals surface area (Å²) in [6, 6.07) is 17.4. The number of nitrogens with one attached hydrogen (secondary N) is 3. The van der Waals surface area contributed by atoms with Gasteiger partial charge in [-0.2, -0.15) is 5.26 Å². The Kier molecular flexibility index (Phi) is 7.40. The second-order valence-electron chi connectivity index (χ2n) is 9.14. The van der Waals surface area contributed by atoms with E-state index in [9.17, 15) is 4.79 Å². The van der Waals surface area contributed by atoms with Gasteiger partial charge in [0, 0.05) is 50.8 Å². The van der Waals surface area contributed by atoms with Crippen molar-refractivity contribution in [1.29, 1.82) is 5.26 Å². The molecular formula is C28H30N8O. The average molecular weight is 495 g/mol. The minimum atomic E-state index is -0.213. The number of fused-ring (bicyclic) bond motifs is 1. The van der Waals surface area contributed by atoms with Gasteiger partial charge in [-0.15, -0.1) is 0 Å². The summed E-state index contributed by atoms with van der Waals surface area (Å²) < 4.78 is 0. The molecule has 9 heteroatoms. The highest BCUT2D eigenvalue weighted by Crippen LogP contribution is 2.26. The molecule has 0 saturated carbocycles. The lowest BCUT2D eigenvalue weighted by molar-refractivity contribution is 0.138. The number of anilines is 4. The molecule has 3 N–H and O–H groups in total. The SMILES string of the molecule is CCN1CCN(CCc2ccc(Nc3nc(Nc4ccc(C#N)cn4)cc4cc[nH]c(=O)c34)cc2)CC1. The van der Waals surface area contributed by atoms with Crippen LogP contribution in [0.25, 0.3) is 10.8 Å². The van der Waals surface area contributed by atoms with Crippen molar-refractivity contribution in [3.8, 4) is 6.07 Å². The minimum absolute atomic E-state index is 0.213. The summed E-state index contributed by atoms with van der Waals surface area (Å²) in [5.41, 5.74) is 2.40. The Morgan fingerprint density at radius 3 is 2.49 bits per heavy atom. The Balaban J connectivity index is 1.31. The summed E-state index contributed by atoms with van der Waals surface area (Å²) in [5.74, 6) is 1.55. The molecule has 0 atom stereocenters. The maximum absolute atomic E-state index is 12.7. The second kappa shape index (κ2) is 11.2. The number of nitriles is 1. The first-order valence-corrected chi connectivity index (χ1v) is 12.6. The first kappa shape index (κ1) is 24.4. The Morgan fingerprint density at radius 2 is 1.78 bits per heavy atom. The third kappa shape index (κ3) is 5.94. The highest BCUT2D eigenvalue weighted by Gasteiger charge is 2.15. The van der Waals surface area contributed by atoms with Crippen LogP contribution < -0.4 is 16.2 Å². The zero-order valence-electron chi connectivity index (χ0n) is 20.9. The minimum Gasteiger partial charge on any atom is -0.339 e. The van der Waals surface area contributed by atoms with Crippen molar-refractivity contribution in [3.63, 3.8) is 0 Å².